The highest BCUT2D eigenvalue weighted by atomic mass is 35.5. The number of halogens is 1. The lowest BCUT2D eigenvalue weighted by Crippen LogP contribution is -2.00. The predicted octanol–water partition coefficient (Wildman–Crippen LogP) is 5.94. The lowest BCUT2D eigenvalue weighted by atomic mass is 10.0. The molecule has 3 aromatic carbocycles. The van der Waals surface area contributed by atoms with Crippen LogP contribution in [-0.4, -0.2) is 5.78 Å². The molecule has 3 heteroatoms. The highest BCUT2D eigenvalue weighted by molar-refractivity contribution is 7.25. The van der Waals surface area contributed by atoms with E-state index in [4.69, 9.17) is 11.6 Å². The molecule has 0 radical (unpaired) electrons. The first-order valence-electron chi connectivity index (χ1n) is 6.94. The molecule has 4 rings (SSSR count). The third-order valence-corrected chi connectivity index (χ3v) is 5.13. The zero-order chi connectivity index (χ0) is 15.1. The maximum atomic E-state index is 12.6. The zero-order valence-electron chi connectivity index (χ0n) is 11.5. The van der Waals surface area contributed by atoms with Crippen LogP contribution in [-0.2, 0) is 0 Å². The monoisotopic (exact) mass is 322 g/mol. The van der Waals surface area contributed by atoms with E-state index in [1.165, 1.54) is 15.5 Å². The Kier molecular flexibility index (Phi) is 3.21. The molecule has 106 valence electrons. The summed E-state index contributed by atoms with van der Waals surface area (Å²) < 4.78 is 2.38. The van der Waals surface area contributed by atoms with Gasteiger partial charge in [-0.25, -0.2) is 0 Å². The van der Waals surface area contributed by atoms with Crippen LogP contribution in [0.5, 0.6) is 0 Å². The third kappa shape index (κ3) is 2.21. The molecule has 22 heavy (non-hydrogen) atoms. The van der Waals surface area contributed by atoms with Gasteiger partial charge in [0.05, 0.1) is 0 Å². The molecule has 0 aliphatic rings. The molecular formula is C19H11ClOS. The molecule has 4 aromatic rings. The minimum Gasteiger partial charge on any atom is -0.289 e. The molecule has 0 saturated carbocycles. The van der Waals surface area contributed by atoms with E-state index in [2.05, 4.69) is 12.1 Å². The van der Waals surface area contributed by atoms with Crippen LogP contribution in [0.3, 0.4) is 0 Å². The van der Waals surface area contributed by atoms with Gasteiger partial charge in [-0.2, -0.15) is 0 Å². The van der Waals surface area contributed by atoms with Crippen molar-refractivity contribution in [3.05, 3.63) is 82.9 Å². The molecule has 0 bridgehead atoms. The van der Waals surface area contributed by atoms with Crippen molar-refractivity contribution >= 4 is 48.9 Å². The van der Waals surface area contributed by atoms with Crippen LogP contribution in [0.15, 0.2) is 66.7 Å². The topological polar surface area (TPSA) is 17.1 Å². The fourth-order valence-electron chi connectivity index (χ4n) is 2.64. The number of hydrogen-bond donors (Lipinski definition) is 0. The van der Waals surface area contributed by atoms with Crippen LogP contribution in [0.2, 0.25) is 5.02 Å². The molecule has 0 aliphatic carbocycles. The average Bonchev–Trinajstić information content (AvgIpc) is 2.92. The number of ketones is 1. The quantitative estimate of drug-likeness (QED) is 0.417. The van der Waals surface area contributed by atoms with Crippen LogP contribution >= 0.6 is 22.9 Å². The van der Waals surface area contributed by atoms with Gasteiger partial charge in [-0.1, -0.05) is 41.9 Å². The minimum atomic E-state index is 0.0241. The Morgan fingerprint density at radius 1 is 0.773 bits per heavy atom. The number of carbonyl (C=O) groups is 1. The molecule has 0 atom stereocenters. The first-order chi connectivity index (χ1) is 10.7. The smallest absolute Gasteiger partial charge is 0.193 e. The van der Waals surface area contributed by atoms with E-state index >= 15 is 0 Å². The number of hydrogen-bond acceptors (Lipinski definition) is 2. The summed E-state index contributed by atoms with van der Waals surface area (Å²) in [6, 6.07) is 21.3. The Hall–Kier alpha value is -2.16. The van der Waals surface area contributed by atoms with Crippen LogP contribution in [0.25, 0.3) is 20.2 Å². The number of fused-ring (bicyclic) bond motifs is 3. The standard InChI is InChI=1S/C19H11ClOS/c20-14-8-5-12(6-9-14)19(21)13-7-10-16-15-3-1-2-4-17(15)22-18(16)11-13/h1-11H. The van der Waals surface area contributed by atoms with Gasteiger partial charge in [0.15, 0.2) is 5.78 Å². The molecule has 1 aromatic heterocycles. The lowest BCUT2D eigenvalue weighted by Gasteiger charge is -2.02. The fraction of sp³-hybridized carbons (Fsp3) is 0. The summed E-state index contributed by atoms with van der Waals surface area (Å²) in [7, 11) is 0. The fourth-order valence-corrected chi connectivity index (χ4v) is 3.91. The molecule has 0 aliphatic heterocycles. The van der Waals surface area contributed by atoms with Crippen molar-refractivity contribution < 1.29 is 4.79 Å². The second-order valence-corrected chi connectivity index (χ2v) is 6.67. The summed E-state index contributed by atoms with van der Waals surface area (Å²) in [5.41, 5.74) is 1.37. The predicted molar refractivity (Wildman–Crippen MR) is 94.2 cm³/mol. The van der Waals surface area contributed by atoms with Gasteiger partial charge in [0.2, 0.25) is 0 Å². The van der Waals surface area contributed by atoms with Crippen molar-refractivity contribution in [2.45, 2.75) is 0 Å². The van der Waals surface area contributed by atoms with Gasteiger partial charge in [-0.3, -0.25) is 4.79 Å². The van der Waals surface area contributed by atoms with Gasteiger partial charge in [0.25, 0.3) is 0 Å². The summed E-state index contributed by atoms with van der Waals surface area (Å²) in [6.45, 7) is 0. The second kappa shape index (κ2) is 5.24. The zero-order valence-corrected chi connectivity index (χ0v) is 13.1. The summed E-state index contributed by atoms with van der Waals surface area (Å²) in [6.07, 6.45) is 0. The first kappa shape index (κ1) is 13.5. The Balaban J connectivity index is 1.83. The van der Waals surface area contributed by atoms with Crippen LogP contribution in [0, 0.1) is 0 Å². The molecule has 1 heterocycles. The second-order valence-electron chi connectivity index (χ2n) is 5.15. The number of thiophene rings is 1. The Labute approximate surface area is 136 Å². The van der Waals surface area contributed by atoms with E-state index in [9.17, 15) is 4.79 Å². The largest absolute Gasteiger partial charge is 0.289 e. The maximum Gasteiger partial charge on any atom is 0.193 e. The third-order valence-electron chi connectivity index (χ3n) is 3.75. The molecule has 1 nitrogen and oxygen atoms in total. The minimum absolute atomic E-state index is 0.0241. The molecular weight excluding hydrogens is 312 g/mol. The van der Waals surface area contributed by atoms with Crippen molar-refractivity contribution in [3.63, 3.8) is 0 Å². The number of carbonyl (C=O) groups excluding carboxylic acids is 1. The highest BCUT2D eigenvalue weighted by Gasteiger charge is 2.11. The van der Waals surface area contributed by atoms with Gasteiger partial charge in [0, 0.05) is 36.3 Å². The van der Waals surface area contributed by atoms with E-state index in [1.807, 2.05) is 30.3 Å². The van der Waals surface area contributed by atoms with Crippen molar-refractivity contribution in [2.75, 3.05) is 0 Å². The van der Waals surface area contributed by atoms with Crippen LogP contribution in [0.4, 0.5) is 0 Å². The Morgan fingerprint density at radius 3 is 2.27 bits per heavy atom. The highest BCUT2D eigenvalue weighted by Crippen LogP contribution is 2.34. The van der Waals surface area contributed by atoms with E-state index in [0.29, 0.717) is 16.1 Å². The normalized spacial score (nSPS) is 11.1. The number of rotatable bonds is 2. The van der Waals surface area contributed by atoms with Crippen LogP contribution in [0.1, 0.15) is 15.9 Å². The van der Waals surface area contributed by atoms with Gasteiger partial charge >= 0.3 is 0 Å². The molecule has 0 unspecified atom stereocenters. The first-order valence-corrected chi connectivity index (χ1v) is 8.13. The maximum absolute atomic E-state index is 12.6. The molecule has 0 spiro atoms. The summed E-state index contributed by atoms with van der Waals surface area (Å²) in [5.74, 6) is 0.0241. The lowest BCUT2D eigenvalue weighted by molar-refractivity contribution is 0.103. The van der Waals surface area contributed by atoms with Crippen molar-refractivity contribution in [1.29, 1.82) is 0 Å². The Bertz CT molecular complexity index is 999. The average molecular weight is 323 g/mol. The summed E-state index contributed by atoms with van der Waals surface area (Å²) in [4.78, 5) is 12.6. The SMILES string of the molecule is O=C(c1ccc(Cl)cc1)c1ccc2c(c1)sc1ccccc12. The molecule has 0 amide bonds. The van der Waals surface area contributed by atoms with Crippen molar-refractivity contribution in [2.24, 2.45) is 0 Å². The van der Waals surface area contributed by atoms with E-state index < -0.39 is 0 Å². The summed E-state index contributed by atoms with van der Waals surface area (Å²) >= 11 is 7.59. The van der Waals surface area contributed by atoms with Crippen molar-refractivity contribution in [1.82, 2.24) is 0 Å². The molecule has 0 N–H and O–H groups in total. The summed E-state index contributed by atoms with van der Waals surface area (Å²) in [5, 5.41) is 3.08. The van der Waals surface area contributed by atoms with E-state index in [1.54, 1.807) is 35.6 Å². The van der Waals surface area contributed by atoms with E-state index in [-0.39, 0.29) is 5.78 Å². The van der Waals surface area contributed by atoms with Gasteiger partial charge in [0.1, 0.15) is 0 Å². The van der Waals surface area contributed by atoms with Gasteiger partial charge in [-0.15, -0.1) is 11.3 Å². The molecule has 0 fully saturated rings. The Morgan fingerprint density at radius 2 is 1.45 bits per heavy atom. The molecule has 0 saturated heterocycles. The van der Waals surface area contributed by atoms with E-state index in [0.717, 1.165) is 4.70 Å². The number of benzene rings is 3. The van der Waals surface area contributed by atoms with Gasteiger partial charge < -0.3 is 0 Å². The van der Waals surface area contributed by atoms with Gasteiger partial charge in [-0.05, 0) is 36.4 Å². The van der Waals surface area contributed by atoms with Crippen molar-refractivity contribution in [3.8, 4) is 0 Å². The van der Waals surface area contributed by atoms with Crippen LogP contribution < -0.4 is 0 Å².